The van der Waals surface area contributed by atoms with Gasteiger partial charge in [0.15, 0.2) is 0 Å². The Labute approximate surface area is 181 Å². The minimum atomic E-state index is -0.222. The third-order valence-electron chi connectivity index (χ3n) is 4.97. The molecule has 0 fully saturated rings. The summed E-state index contributed by atoms with van der Waals surface area (Å²) in [6.07, 6.45) is 0. The van der Waals surface area contributed by atoms with Crippen molar-refractivity contribution in [2.45, 2.75) is 26.3 Å². The van der Waals surface area contributed by atoms with Crippen LogP contribution in [0.1, 0.15) is 31.0 Å². The average molecular weight is 420 g/mol. The number of imidazole rings is 1. The first-order chi connectivity index (χ1) is 14.5. The van der Waals surface area contributed by atoms with Crippen LogP contribution < -0.4 is 5.32 Å². The van der Waals surface area contributed by atoms with Crippen LogP contribution in [-0.2, 0) is 6.54 Å². The van der Waals surface area contributed by atoms with Crippen molar-refractivity contribution in [3.63, 3.8) is 0 Å². The molecule has 152 valence electrons. The summed E-state index contributed by atoms with van der Waals surface area (Å²) in [7, 11) is 0. The molecular weight excluding hydrogens is 397 g/mol. The van der Waals surface area contributed by atoms with E-state index in [1.54, 1.807) is 6.07 Å². The number of benzene rings is 3. The largest absolute Gasteiger partial charge is 0.381 e. The van der Waals surface area contributed by atoms with Crippen molar-refractivity contribution in [1.82, 2.24) is 9.97 Å². The summed E-state index contributed by atoms with van der Waals surface area (Å²) >= 11 is 6.04. The van der Waals surface area contributed by atoms with Gasteiger partial charge in [-0.15, -0.1) is 0 Å². The topological polar surface area (TPSA) is 40.7 Å². The number of rotatable bonds is 6. The SMILES string of the molecule is CC(C)c1[nH]c(-c2ccc(NCc3cccc(F)c3)cc2)nc1-c1ccc(Cl)cc1. The van der Waals surface area contributed by atoms with E-state index < -0.39 is 0 Å². The third kappa shape index (κ3) is 4.55. The fraction of sp³-hybridized carbons (Fsp3) is 0.160. The van der Waals surface area contributed by atoms with E-state index in [1.807, 2.05) is 54.6 Å². The molecule has 0 saturated heterocycles. The third-order valence-corrected chi connectivity index (χ3v) is 5.22. The summed E-state index contributed by atoms with van der Waals surface area (Å²) in [6, 6.07) is 22.4. The van der Waals surface area contributed by atoms with Gasteiger partial charge in [0.05, 0.1) is 5.69 Å². The van der Waals surface area contributed by atoms with Crippen molar-refractivity contribution < 1.29 is 4.39 Å². The lowest BCUT2D eigenvalue weighted by molar-refractivity contribution is 0.626. The maximum Gasteiger partial charge on any atom is 0.138 e. The molecule has 5 heteroatoms. The van der Waals surface area contributed by atoms with Gasteiger partial charge in [0.1, 0.15) is 11.6 Å². The molecule has 3 nitrogen and oxygen atoms in total. The number of anilines is 1. The van der Waals surface area contributed by atoms with Crippen molar-refractivity contribution >= 4 is 17.3 Å². The van der Waals surface area contributed by atoms with Crippen LogP contribution in [0.15, 0.2) is 72.8 Å². The van der Waals surface area contributed by atoms with Gasteiger partial charge >= 0.3 is 0 Å². The predicted molar refractivity (Wildman–Crippen MR) is 122 cm³/mol. The number of hydrogen-bond acceptors (Lipinski definition) is 2. The Morgan fingerprint density at radius 3 is 2.33 bits per heavy atom. The van der Waals surface area contributed by atoms with E-state index in [1.165, 1.54) is 12.1 Å². The first-order valence-electron chi connectivity index (χ1n) is 9.94. The smallest absolute Gasteiger partial charge is 0.138 e. The van der Waals surface area contributed by atoms with Crippen LogP contribution in [0.25, 0.3) is 22.6 Å². The Hall–Kier alpha value is -3.11. The molecule has 0 bridgehead atoms. The van der Waals surface area contributed by atoms with E-state index in [0.29, 0.717) is 17.5 Å². The van der Waals surface area contributed by atoms with Gasteiger partial charge in [-0.1, -0.05) is 49.7 Å². The molecule has 0 aliphatic heterocycles. The van der Waals surface area contributed by atoms with Gasteiger partial charge in [0.2, 0.25) is 0 Å². The maximum atomic E-state index is 13.3. The number of H-pyrrole nitrogens is 1. The van der Waals surface area contributed by atoms with Crippen molar-refractivity contribution in [2.24, 2.45) is 0 Å². The Morgan fingerprint density at radius 1 is 0.967 bits per heavy atom. The first kappa shape index (κ1) is 20.2. The highest BCUT2D eigenvalue weighted by molar-refractivity contribution is 6.30. The second-order valence-electron chi connectivity index (χ2n) is 7.57. The number of nitrogens with zero attached hydrogens (tertiary/aromatic N) is 1. The molecule has 1 heterocycles. The van der Waals surface area contributed by atoms with Crippen LogP contribution in [0.4, 0.5) is 10.1 Å². The average Bonchev–Trinajstić information content (AvgIpc) is 3.19. The molecule has 0 aliphatic carbocycles. The number of hydrogen-bond donors (Lipinski definition) is 2. The highest BCUT2D eigenvalue weighted by Gasteiger charge is 2.16. The first-order valence-corrected chi connectivity index (χ1v) is 10.3. The zero-order chi connectivity index (χ0) is 21.1. The van der Waals surface area contributed by atoms with Gasteiger partial charge in [-0.2, -0.15) is 0 Å². The molecule has 0 spiro atoms. The number of aromatic nitrogens is 2. The Morgan fingerprint density at radius 2 is 1.67 bits per heavy atom. The molecule has 30 heavy (non-hydrogen) atoms. The summed E-state index contributed by atoms with van der Waals surface area (Å²) in [5.74, 6) is 0.921. The second kappa shape index (κ2) is 8.72. The standard InChI is InChI=1S/C25H23ClFN3/c1-16(2)23-24(18-6-10-20(26)11-7-18)30-25(29-23)19-8-12-22(13-9-19)28-15-17-4-3-5-21(27)14-17/h3-14,16,28H,15H2,1-2H3,(H,29,30). The zero-order valence-corrected chi connectivity index (χ0v) is 17.7. The summed E-state index contributed by atoms with van der Waals surface area (Å²) in [6.45, 7) is 4.86. The van der Waals surface area contributed by atoms with Gasteiger partial charge in [-0.25, -0.2) is 9.37 Å². The molecule has 3 aromatic carbocycles. The van der Waals surface area contributed by atoms with Crippen LogP contribution in [0.5, 0.6) is 0 Å². The molecule has 0 amide bonds. The highest BCUT2D eigenvalue weighted by atomic mass is 35.5. The van der Waals surface area contributed by atoms with Crippen molar-refractivity contribution in [3.8, 4) is 22.6 Å². The molecule has 4 rings (SSSR count). The van der Waals surface area contributed by atoms with Gasteiger partial charge < -0.3 is 10.3 Å². The quantitative estimate of drug-likeness (QED) is 0.345. The summed E-state index contributed by atoms with van der Waals surface area (Å²) in [4.78, 5) is 8.36. The highest BCUT2D eigenvalue weighted by Crippen LogP contribution is 2.31. The lowest BCUT2D eigenvalue weighted by atomic mass is 10.0. The fourth-order valence-corrected chi connectivity index (χ4v) is 3.49. The van der Waals surface area contributed by atoms with Crippen LogP contribution >= 0.6 is 11.6 Å². The Kier molecular flexibility index (Phi) is 5.86. The van der Waals surface area contributed by atoms with Crippen molar-refractivity contribution in [2.75, 3.05) is 5.32 Å². The molecule has 0 radical (unpaired) electrons. The Bertz CT molecular complexity index is 1130. The van der Waals surface area contributed by atoms with Gasteiger partial charge in [-0.3, -0.25) is 0 Å². The molecule has 1 aromatic heterocycles. The molecule has 0 atom stereocenters. The summed E-state index contributed by atoms with van der Waals surface area (Å²) in [5.41, 5.74) is 5.97. The molecule has 0 unspecified atom stereocenters. The van der Waals surface area contributed by atoms with Gasteiger partial charge in [0, 0.05) is 34.1 Å². The minimum absolute atomic E-state index is 0.222. The number of nitrogens with one attached hydrogen (secondary N) is 2. The van der Waals surface area contributed by atoms with Gasteiger partial charge in [-0.05, 0) is 60.0 Å². The maximum absolute atomic E-state index is 13.3. The monoisotopic (exact) mass is 419 g/mol. The molecular formula is C25H23ClFN3. The van der Waals surface area contributed by atoms with Gasteiger partial charge in [0.25, 0.3) is 0 Å². The fourth-order valence-electron chi connectivity index (χ4n) is 3.37. The predicted octanol–water partition coefficient (Wildman–Crippen LogP) is 7.27. The van der Waals surface area contributed by atoms with Crippen LogP contribution in [0, 0.1) is 5.82 Å². The van der Waals surface area contributed by atoms with Crippen LogP contribution in [0.3, 0.4) is 0 Å². The Balaban J connectivity index is 1.55. The summed E-state index contributed by atoms with van der Waals surface area (Å²) < 4.78 is 13.3. The van der Waals surface area contributed by atoms with E-state index in [4.69, 9.17) is 16.6 Å². The molecule has 2 N–H and O–H groups in total. The van der Waals surface area contributed by atoms with Crippen molar-refractivity contribution in [1.29, 1.82) is 0 Å². The van der Waals surface area contributed by atoms with E-state index in [2.05, 4.69) is 24.1 Å². The van der Waals surface area contributed by atoms with E-state index >= 15 is 0 Å². The minimum Gasteiger partial charge on any atom is -0.381 e. The number of aromatic amines is 1. The summed E-state index contributed by atoms with van der Waals surface area (Å²) in [5, 5.41) is 4.03. The molecule has 4 aromatic rings. The van der Waals surface area contributed by atoms with E-state index in [9.17, 15) is 4.39 Å². The number of halogens is 2. The molecule has 0 saturated carbocycles. The molecule has 0 aliphatic rings. The van der Waals surface area contributed by atoms with E-state index in [-0.39, 0.29) is 5.82 Å². The van der Waals surface area contributed by atoms with E-state index in [0.717, 1.165) is 39.6 Å². The normalized spacial score (nSPS) is 11.1. The van der Waals surface area contributed by atoms with Crippen LogP contribution in [0.2, 0.25) is 5.02 Å². The zero-order valence-electron chi connectivity index (χ0n) is 16.9. The lowest BCUT2D eigenvalue weighted by Crippen LogP contribution is -1.99. The lowest BCUT2D eigenvalue weighted by Gasteiger charge is -2.07. The van der Waals surface area contributed by atoms with Crippen LogP contribution in [-0.4, -0.2) is 9.97 Å². The second-order valence-corrected chi connectivity index (χ2v) is 8.01. The van der Waals surface area contributed by atoms with Crippen molar-refractivity contribution in [3.05, 3.63) is 94.9 Å².